The monoisotopic (exact) mass is 256 g/mol. The van der Waals surface area contributed by atoms with Crippen LogP contribution in [0.1, 0.15) is 24.0 Å². The van der Waals surface area contributed by atoms with Gasteiger partial charge in [0.25, 0.3) is 0 Å². The molecule has 0 fully saturated rings. The molecule has 1 aromatic heterocycles. The molecule has 2 aromatic rings. The van der Waals surface area contributed by atoms with Gasteiger partial charge in [-0.3, -0.25) is 0 Å². The number of anilines is 2. The molecule has 1 aromatic carbocycles. The van der Waals surface area contributed by atoms with E-state index in [1.54, 1.807) is 0 Å². The minimum atomic E-state index is 0.802. The van der Waals surface area contributed by atoms with Crippen molar-refractivity contribution in [1.29, 1.82) is 0 Å². The van der Waals surface area contributed by atoms with Crippen molar-refractivity contribution in [2.24, 2.45) is 0 Å². The fourth-order valence-electron chi connectivity index (χ4n) is 1.90. The molecule has 0 amide bonds. The summed E-state index contributed by atoms with van der Waals surface area (Å²) in [7, 11) is 0. The first-order chi connectivity index (χ1) is 9.17. The maximum Gasteiger partial charge on any atom is 0.130 e. The lowest BCUT2D eigenvalue weighted by atomic mass is 10.1. The van der Waals surface area contributed by atoms with Crippen LogP contribution < -0.4 is 11.1 Å². The van der Waals surface area contributed by atoms with Crippen molar-refractivity contribution < 1.29 is 0 Å². The van der Waals surface area contributed by atoms with Gasteiger partial charge in [0.2, 0.25) is 0 Å². The lowest BCUT2D eigenvalue weighted by Gasteiger charge is -2.08. The average molecular weight is 256 g/mol. The number of aryl methyl sites for hydroxylation is 2. The summed E-state index contributed by atoms with van der Waals surface area (Å²) in [5.74, 6) is 1.79. The minimum Gasteiger partial charge on any atom is -0.399 e. The highest BCUT2D eigenvalue weighted by Gasteiger charge is 2.00. The third-order valence-electron chi connectivity index (χ3n) is 2.92. The Morgan fingerprint density at radius 3 is 2.58 bits per heavy atom. The fraction of sp³-hybridized carbons (Fsp3) is 0.333. The molecule has 0 saturated carbocycles. The summed E-state index contributed by atoms with van der Waals surface area (Å²) in [4.78, 5) is 8.82. The zero-order chi connectivity index (χ0) is 13.7. The van der Waals surface area contributed by atoms with E-state index in [4.69, 9.17) is 5.73 Å². The quantitative estimate of drug-likeness (QED) is 0.807. The zero-order valence-electron chi connectivity index (χ0n) is 11.5. The molecule has 0 aliphatic heterocycles. The largest absolute Gasteiger partial charge is 0.399 e. The third-order valence-corrected chi connectivity index (χ3v) is 2.92. The average Bonchev–Trinajstić information content (AvgIpc) is 2.40. The lowest BCUT2D eigenvalue weighted by Crippen LogP contribution is -2.08. The van der Waals surface area contributed by atoms with Crippen molar-refractivity contribution in [1.82, 2.24) is 9.97 Å². The number of aromatic nitrogens is 2. The highest BCUT2D eigenvalue weighted by Crippen LogP contribution is 2.09. The summed E-state index contributed by atoms with van der Waals surface area (Å²) in [6.07, 6.45) is 1.80. The van der Waals surface area contributed by atoms with Crippen LogP contribution in [0.25, 0.3) is 0 Å². The van der Waals surface area contributed by atoms with E-state index < -0.39 is 0 Å². The number of nitrogens with zero attached hydrogens (tertiary/aromatic N) is 2. The molecule has 4 heteroatoms. The summed E-state index contributed by atoms with van der Waals surface area (Å²) in [6.45, 7) is 4.91. The molecule has 3 N–H and O–H groups in total. The molecule has 4 nitrogen and oxygen atoms in total. The van der Waals surface area contributed by atoms with Gasteiger partial charge < -0.3 is 11.1 Å². The van der Waals surface area contributed by atoms with Crippen molar-refractivity contribution in [2.45, 2.75) is 26.7 Å². The van der Waals surface area contributed by atoms with Crippen LogP contribution in [0.5, 0.6) is 0 Å². The Labute approximate surface area is 114 Å². The molecule has 100 valence electrons. The molecule has 19 heavy (non-hydrogen) atoms. The Morgan fingerprint density at radius 2 is 1.89 bits per heavy atom. The molecule has 0 bridgehead atoms. The molecule has 0 saturated heterocycles. The van der Waals surface area contributed by atoms with E-state index in [9.17, 15) is 0 Å². The van der Waals surface area contributed by atoms with Gasteiger partial charge >= 0.3 is 0 Å². The van der Waals surface area contributed by atoms with Gasteiger partial charge in [-0.2, -0.15) is 0 Å². The number of hydrogen-bond donors (Lipinski definition) is 2. The second-order valence-electron chi connectivity index (χ2n) is 4.58. The molecular weight excluding hydrogens is 236 g/mol. The topological polar surface area (TPSA) is 63.8 Å². The van der Waals surface area contributed by atoms with Crippen molar-refractivity contribution in [2.75, 3.05) is 17.6 Å². The molecule has 0 radical (unpaired) electrons. The Bertz CT molecular complexity index is 534. The predicted molar refractivity (Wildman–Crippen MR) is 79.2 cm³/mol. The van der Waals surface area contributed by atoms with Gasteiger partial charge in [-0.15, -0.1) is 0 Å². The van der Waals surface area contributed by atoms with Gasteiger partial charge in [-0.05, 0) is 31.0 Å². The molecular formula is C15H20N4. The molecule has 0 aliphatic carbocycles. The van der Waals surface area contributed by atoms with Gasteiger partial charge in [-0.1, -0.05) is 19.1 Å². The number of benzene rings is 1. The summed E-state index contributed by atoms with van der Waals surface area (Å²) >= 11 is 0. The maximum absolute atomic E-state index is 5.66. The molecule has 0 unspecified atom stereocenters. The second-order valence-corrected chi connectivity index (χ2v) is 4.58. The first kappa shape index (κ1) is 13.3. The highest BCUT2D eigenvalue weighted by atomic mass is 15.0. The summed E-state index contributed by atoms with van der Waals surface area (Å²) in [6, 6.07) is 9.94. The highest BCUT2D eigenvalue weighted by molar-refractivity contribution is 5.40. The van der Waals surface area contributed by atoms with E-state index in [1.807, 2.05) is 25.1 Å². The first-order valence-electron chi connectivity index (χ1n) is 6.60. The first-order valence-corrected chi connectivity index (χ1v) is 6.60. The van der Waals surface area contributed by atoms with Crippen LogP contribution in [0.3, 0.4) is 0 Å². The summed E-state index contributed by atoms with van der Waals surface area (Å²) in [5.41, 5.74) is 8.73. The third kappa shape index (κ3) is 3.95. The van der Waals surface area contributed by atoms with Crippen molar-refractivity contribution in [3.05, 3.63) is 47.4 Å². The SMILES string of the molecule is CCc1nc(C)cc(NCCc2ccc(N)cc2)n1. The van der Waals surface area contributed by atoms with E-state index in [2.05, 4.69) is 34.3 Å². The Kier molecular flexibility index (Phi) is 4.34. The van der Waals surface area contributed by atoms with E-state index in [-0.39, 0.29) is 0 Å². The van der Waals surface area contributed by atoms with Crippen molar-refractivity contribution >= 4 is 11.5 Å². The Hall–Kier alpha value is -2.10. The molecule has 0 spiro atoms. The van der Waals surface area contributed by atoms with Crippen molar-refractivity contribution in [3.63, 3.8) is 0 Å². The molecule has 1 heterocycles. The van der Waals surface area contributed by atoms with E-state index >= 15 is 0 Å². The maximum atomic E-state index is 5.66. The van der Waals surface area contributed by atoms with E-state index in [0.717, 1.165) is 42.4 Å². The summed E-state index contributed by atoms with van der Waals surface area (Å²) in [5, 5.41) is 3.34. The second kappa shape index (κ2) is 6.18. The number of rotatable bonds is 5. The standard InChI is InChI=1S/C15H20N4/c1-3-14-18-11(2)10-15(19-14)17-9-8-12-4-6-13(16)7-5-12/h4-7,10H,3,8-9,16H2,1-2H3,(H,17,18,19). The normalized spacial score (nSPS) is 10.4. The van der Waals surface area contributed by atoms with Crippen LogP contribution in [0, 0.1) is 6.92 Å². The lowest BCUT2D eigenvalue weighted by molar-refractivity contribution is 0.907. The van der Waals surface area contributed by atoms with Gasteiger partial charge in [0.1, 0.15) is 11.6 Å². The van der Waals surface area contributed by atoms with Crippen LogP contribution in [0.15, 0.2) is 30.3 Å². The van der Waals surface area contributed by atoms with Gasteiger partial charge in [0.15, 0.2) is 0 Å². The summed E-state index contributed by atoms with van der Waals surface area (Å²) < 4.78 is 0. The predicted octanol–water partition coefficient (Wildman–Crippen LogP) is 2.58. The Balaban J connectivity index is 1.92. The minimum absolute atomic E-state index is 0.802. The van der Waals surface area contributed by atoms with Crippen LogP contribution in [0.2, 0.25) is 0 Å². The number of hydrogen-bond acceptors (Lipinski definition) is 4. The zero-order valence-corrected chi connectivity index (χ0v) is 11.5. The van der Waals surface area contributed by atoms with Crippen LogP contribution in [0.4, 0.5) is 11.5 Å². The molecule has 0 aliphatic rings. The van der Waals surface area contributed by atoms with Crippen LogP contribution in [-0.2, 0) is 12.8 Å². The number of nitrogen functional groups attached to an aromatic ring is 1. The van der Waals surface area contributed by atoms with Gasteiger partial charge in [0.05, 0.1) is 0 Å². The molecule has 2 rings (SSSR count). The molecule has 0 atom stereocenters. The Morgan fingerprint density at radius 1 is 1.16 bits per heavy atom. The van der Waals surface area contributed by atoms with Crippen molar-refractivity contribution in [3.8, 4) is 0 Å². The number of nitrogens with two attached hydrogens (primary N) is 1. The fourth-order valence-corrected chi connectivity index (χ4v) is 1.90. The smallest absolute Gasteiger partial charge is 0.130 e. The van der Waals surface area contributed by atoms with Gasteiger partial charge in [-0.25, -0.2) is 9.97 Å². The van der Waals surface area contributed by atoms with Crippen LogP contribution >= 0.6 is 0 Å². The van der Waals surface area contributed by atoms with Gasteiger partial charge in [0, 0.05) is 30.4 Å². The van der Waals surface area contributed by atoms with E-state index in [0.29, 0.717) is 0 Å². The van der Waals surface area contributed by atoms with E-state index in [1.165, 1.54) is 5.56 Å². The van der Waals surface area contributed by atoms with Crippen LogP contribution in [-0.4, -0.2) is 16.5 Å². The number of nitrogens with one attached hydrogen (secondary N) is 1.